The molecule has 1 fully saturated rings. The minimum absolute atomic E-state index is 0.0774. The van der Waals surface area contributed by atoms with E-state index in [9.17, 15) is 4.79 Å². The Morgan fingerprint density at radius 3 is 2.81 bits per heavy atom. The summed E-state index contributed by atoms with van der Waals surface area (Å²) in [5, 5.41) is 0.762. The fourth-order valence-corrected chi connectivity index (χ4v) is 2.99. The standard InChI is InChI=1S/C16H18ClN3O/c1-19-11-18-9-15(19)16(21)20-7-6-13(10-20)8-12-2-4-14(17)5-3-12/h2-5,9,11,13H,6-8,10H2,1H3. The summed E-state index contributed by atoms with van der Waals surface area (Å²) in [5.74, 6) is 0.594. The molecule has 1 unspecified atom stereocenters. The van der Waals surface area contributed by atoms with Gasteiger partial charge in [0.05, 0.1) is 12.5 Å². The highest BCUT2D eigenvalue weighted by molar-refractivity contribution is 6.30. The summed E-state index contributed by atoms with van der Waals surface area (Å²) in [6, 6.07) is 7.97. The normalized spacial score (nSPS) is 18.2. The van der Waals surface area contributed by atoms with E-state index in [1.165, 1.54) is 5.56 Å². The van der Waals surface area contributed by atoms with Gasteiger partial charge >= 0.3 is 0 Å². The lowest BCUT2D eigenvalue weighted by Gasteiger charge is -2.16. The van der Waals surface area contributed by atoms with Crippen LogP contribution in [0.3, 0.4) is 0 Å². The zero-order valence-electron chi connectivity index (χ0n) is 12.0. The number of aromatic nitrogens is 2. The molecule has 4 nitrogen and oxygen atoms in total. The topological polar surface area (TPSA) is 38.1 Å². The van der Waals surface area contributed by atoms with Crippen molar-refractivity contribution in [1.82, 2.24) is 14.5 Å². The molecule has 110 valence electrons. The van der Waals surface area contributed by atoms with Crippen LogP contribution in [0, 0.1) is 5.92 Å². The van der Waals surface area contributed by atoms with Crippen molar-refractivity contribution >= 4 is 17.5 Å². The molecular formula is C16H18ClN3O. The average Bonchev–Trinajstić information content (AvgIpc) is 3.10. The Balaban J connectivity index is 1.62. The molecular weight excluding hydrogens is 286 g/mol. The monoisotopic (exact) mass is 303 g/mol. The molecule has 0 aliphatic carbocycles. The largest absolute Gasteiger partial charge is 0.337 e. The predicted molar refractivity (Wildman–Crippen MR) is 82.4 cm³/mol. The van der Waals surface area contributed by atoms with Crippen LogP contribution in [-0.4, -0.2) is 33.4 Å². The van der Waals surface area contributed by atoms with Crippen LogP contribution in [0.15, 0.2) is 36.8 Å². The highest BCUT2D eigenvalue weighted by atomic mass is 35.5. The van der Waals surface area contributed by atoms with E-state index in [1.54, 1.807) is 17.1 Å². The van der Waals surface area contributed by atoms with E-state index in [1.807, 2.05) is 24.1 Å². The second kappa shape index (κ2) is 5.90. The van der Waals surface area contributed by atoms with Crippen LogP contribution in [0.5, 0.6) is 0 Å². The number of carbonyl (C=O) groups excluding carboxylic acids is 1. The number of carbonyl (C=O) groups is 1. The van der Waals surface area contributed by atoms with E-state index in [-0.39, 0.29) is 5.91 Å². The van der Waals surface area contributed by atoms with Crippen LogP contribution < -0.4 is 0 Å². The van der Waals surface area contributed by atoms with Gasteiger partial charge in [0.2, 0.25) is 0 Å². The first-order valence-electron chi connectivity index (χ1n) is 7.13. The van der Waals surface area contributed by atoms with Gasteiger partial charge in [0.1, 0.15) is 5.69 Å². The van der Waals surface area contributed by atoms with Crippen molar-refractivity contribution in [3.05, 3.63) is 53.1 Å². The molecule has 3 rings (SSSR count). The van der Waals surface area contributed by atoms with Crippen LogP contribution in [-0.2, 0) is 13.5 Å². The van der Waals surface area contributed by atoms with Gasteiger partial charge in [-0.15, -0.1) is 0 Å². The fourth-order valence-electron chi connectivity index (χ4n) is 2.86. The van der Waals surface area contributed by atoms with Crippen LogP contribution in [0.4, 0.5) is 0 Å². The number of imidazole rings is 1. The fraction of sp³-hybridized carbons (Fsp3) is 0.375. The summed E-state index contributed by atoms with van der Waals surface area (Å²) in [6.45, 7) is 1.63. The molecule has 5 heteroatoms. The molecule has 21 heavy (non-hydrogen) atoms. The van der Waals surface area contributed by atoms with Crippen LogP contribution in [0.1, 0.15) is 22.5 Å². The number of likely N-dealkylation sites (tertiary alicyclic amines) is 1. The first kappa shape index (κ1) is 14.1. The number of hydrogen-bond acceptors (Lipinski definition) is 2. The molecule has 1 aliphatic rings. The van der Waals surface area contributed by atoms with Gasteiger partial charge < -0.3 is 9.47 Å². The molecule has 0 spiro atoms. The highest BCUT2D eigenvalue weighted by Gasteiger charge is 2.28. The first-order valence-corrected chi connectivity index (χ1v) is 7.51. The third-order valence-electron chi connectivity index (χ3n) is 4.05. The van der Waals surface area contributed by atoms with Crippen molar-refractivity contribution in [2.24, 2.45) is 13.0 Å². The summed E-state index contributed by atoms with van der Waals surface area (Å²) in [7, 11) is 1.85. The Kier molecular flexibility index (Phi) is 3.97. The lowest BCUT2D eigenvalue weighted by atomic mass is 9.99. The number of hydrogen-bond donors (Lipinski definition) is 0. The van der Waals surface area contributed by atoms with Crippen molar-refractivity contribution in [3.8, 4) is 0 Å². The molecule has 1 aromatic carbocycles. The second-order valence-corrected chi connectivity index (χ2v) is 6.06. The Morgan fingerprint density at radius 1 is 1.38 bits per heavy atom. The van der Waals surface area contributed by atoms with Crippen LogP contribution >= 0.6 is 11.6 Å². The van der Waals surface area contributed by atoms with Gasteiger partial charge in [-0.25, -0.2) is 4.98 Å². The molecule has 1 aromatic heterocycles. The van der Waals surface area contributed by atoms with E-state index < -0.39 is 0 Å². The van der Waals surface area contributed by atoms with Crippen molar-refractivity contribution in [3.63, 3.8) is 0 Å². The number of aryl methyl sites for hydroxylation is 1. The Bertz CT molecular complexity index is 635. The van der Waals surface area contributed by atoms with Crippen molar-refractivity contribution < 1.29 is 4.79 Å². The summed E-state index contributed by atoms with van der Waals surface area (Å²) in [5.41, 5.74) is 1.93. The third-order valence-corrected chi connectivity index (χ3v) is 4.30. The maximum atomic E-state index is 12.4. The molecule has 2 heterocycles. The van der Waals surface area contributed by atoms with E-state index in [0.717, 1.165) is 31.0 Å². The van der Waals surface area contributed by atoms with E-state index in [0.29, 0.717) is 11.6 Å². The van der Waals surface area contributed by atoms with E-state index in [4.69, 9.17) is 11.6 Å². The zero-order valence-corrected chi connectivity index (χ0v) is 12.8. The lowest BCUT2D eigenvalue weighted by molar-refractivity contribution is 0.0777. The average molecular weight is 304 g/mol. The molecule has 0 saturated carbocycles. The molecule has 0 N–H and O–H groups in total. The molecule has 2 aromatic rings. The summed E-state index contributed by atoms with van der Waals surface area (Å²) in [6.07, 6.45) is 5.34. The smallest absolute Gasteiger partial charge is 0.272 e. The quantitative estimate of drug-likeness (QED) is 0.874. The van der Waals surface area contributed by atoms with Crippen molar-refractivity contribution in [1.29, 1.82) is 0 Å². The number of benzene rings is 1. The maximum Gasteiger partial charge on any atom is 0.272 e. The molecule has 1 saturated heterocycles. The molecule has 1 aliphatic heterocycles. The summed E-state index contributed by atoms with van der Waals surface area (Å²) >= 11 is 5.90. The van der Waals surface area contributed by atoms with Gasteiger partial charge in [-0.1, -0.05) is 23.7 Å². The number of nitrogens with zero attached hydrogens (tertiary/aromatic N) is 3. The van der Waals surface area contributed by atoms with Gasteiger partial charge in [0, 0.05) is 25.2 Å². The van der Waals surface area contributed by atoms with Gasteiger partial charge in [-0.05, 0) is 36.5 Å². The van der Waals surface area contributed by atoms with Gasteiger partial charge in [-0.3, -0.25) is 4.79 Å². The zero-order chi connectivity index (χ0) is 14.8. The molecule has 0 radical (unpaired) electrons. The number of rotatable bonds is 3. The Hall–Kier alpha value is -1.81. The second-order valence-electron chi connectivity index (χ2n) is 5.63. The van der Waals surface area contributed by atoms with Crippen LogP contribution in [0.25, 0.3) is 0 Å². The molecule has 1 amide bonds. The SMILES string of the molecule is Cn1cncc1C(=O)N1CCC(Cc2ccc(Cl)cc2)C1. The first-order chi connectivity index (χ1) is 10.1. The van der Waals surface area contributed by atoms with Gasteiger partial charge in [0.15, 0.2) is 0 Å². The predicted octanol–water partition coefficient (Wildman–Crippen LogP) is 2.78. The minimum atomic E-state index is 0.0774. The highest BCUT2D eigenvalue weighted by Crippen LogP contribution is 2.23. The van der Waals surface area contributed by atoms with Crippen molar-refractivity contribution in [2.45, 2.75) is 12.8 Å². The lowest BCUT2D eigenvalue weighted by Crippen LogP contribution is -2.30. The summed E-state index contributed by atoms with van der Waals surface area (Å²) < 4.78 is 1.77. The minimum Gasteiger partial charge on any atom is -0.337 e. The van der Waals surface area contributed by atoms with Gasteiger partial charge in [-0.2, -0.15) is 0 Å². The van der Waals surface area contributed by atoms with Crippen LogP contribution in [0.2, 0.25) is 5.02 Å². The third kappa shape index (κ3) is 3.10. The molecule has 0 bridgehead atoms. The van der Waals surface area contributed by atoms with E-state index >= 15 is 0 Å². The number of amides is 1. The Labute approximate surface area is 129 Å². The van der Waals surface area contributed by atoms with Gasteiger partial charge in [0.25, 0.3) is 5.91 Å². The maximum absolute atomic E-state index is 12.4. The number of halogens is 1. The molecule has 1 atom stereocenters. The Morgan fingerprint density at radius 2 is 2.14 bits per heavy atom. The summed E-state index contributed by atoms with van der Waals surface area (Å²) in [4.78, 5) is 18.4. The van der Waals surface area contributed by atoms with Crippen molar-refractivity contribution in [2.75, 3.05) is 13.1 Å². The van der Waals surface area contributed by atoms with E-state index in [2.05, 4.69) is 17.1 Å².